The van der Waals surface area contributed by atoms with Crippen molar-refractivity contribution in [2.75, 3.05) is 51.1 Å². The standard InChI is InChI=1S/C24H32N6O3S/c1-3-34-23-28-20(25-12-16-32-2)19-17-27-30(21(19)29-23)13-11-26-22(31)24(9-14-33-15-10-24)18-7-5-4-6-8-18/h4-8,17H,3,9-16H2,1-2H3,(H,26,31)(H,25,28,29). The molecule has 1 aliphatic rings. The van der Waals surface area contributed by atoms with Crippen LogP contribution in [0.4, 0.5) is 5.82 Å². The third-order valence-electron chi connectivity index (χ3n) is 6.06. The molecule has 4 rings (SSSR count). The van der Waals surface area contributed by atoms with Crippen LogP contribution in [0.15, 0.2) is 41.7 Å². The molecule has 10 heteroatoms. The highest BCUT2D eigenvalue weighted by atomic mass is 32.2. The molecule has 9 nitrogen and oxygen atoms in total. The third-order valence-corrected chi connectivity index (χ3v) is 6.79. The number of hydrogen-bond donors (Lipinski definition) is 2. The smallest absolute Gasteiger partial charge is 0.230 e. The number of carbonyl (C=O) groups excluding carboxylic acids is 1. The van der Waals surface area contributed by atoms with Crippen molar-refractivity contribution >= 4 is 34.5 Å². The fourth-order valence-corrected chi connectivity index (χ4v) is 4.83. The number of thioether (sulfide) groups is 1. The van der Waals surface area contributed by atoms with E-state index in [0.717, 1.165) is 28.2 Å². The molecule has 1 aromatic carbocycles. The van der Waals surface area contributed by atoms with E-state index in [2.05, 4.69) is 27.6 Å². The van der Waals surface area contributed by atoms with Gasteiger partial charge in [0.1, 0.15) is 5.82 Å². The molecule has 1 fully saturated rings. The van der Waals surface area contributed by atoms with Crippen LogP contribution in [0.3, 0.4) is 0 Å². The maximum atomic E-state index is 13.4. The van der Waals surface area contributed by atoms with Crippen molar-refractivity contribution in [3.63, 3.8) is 0 Å². The number of fused-ring (bicyclic) bond motifs is 1. The molecular weight excluding hydrogens is 452 g/mol. The molecule has 3 heterocycles. The molecule has 34 heavy (non-hydrogen) atoms. The van der Waals surface area contributed by atoms with Crippen molar-refractivity contribution in [2.24, 2.45) is 0 Å². The molecule has 3 aromatic rings. The highest BCUT2D eigenvalue weighted by molar-refractivity contribution is 7.99. The summed E-state index contributed by atoms with van der Waals surface area (Å²) in [5, 5.41) is 12.6. The monoisotopic (exact) mass is 484 g/mol. The first-order valence-electron chi connectivity index (χ1n) is 11.7. The van der Waals surface area contributed by atoms with Gasteiger partial charge in [0.25, 0.3) is 0 Å². The number of hydrogen-bond acceptors (Lipinski definition) is 8. The molecule has 0 saturated carbocycles. The SMILES string of the molecule is CCSc1nc(NCCOC)c2cnn(CCNC(=O)C3(c4ccccc4)CCOCC3)c2n1. The van der Waals surface area contributed by atoms with E-state index in [0.29, 0.717) is 57.5 Å². The van der Waals surface area contributed by atoms with Crippen LogP contribution in [0.25, 0.3) is 11.0 Å². The van der Waals surface area contributed by atoms with Crippen molar-refractivity contribution in [2.45, 2.75) is 36.9 Å². The van der Waals surface area contributed by atoms with Gasteiger partial charge in [-0.25, -0.2) is 14.6 Å². The van der Waals surface area contributed by atoms with Gasteiger partial charge in [0.05, 0.1) is 30.1 Å². The van der Waals surface area contributed by atoms with Crippen LogP contribution < -0.4 is 10.6 Å². The highest BCUT2D eigenvalue weighted by Gasteiger charge is 2.41. The average Bonchev–Trinajstić information content (AvgIpc) is 3.28. The average molecular weight is 485 g/mol. The molecule has 1 saturated heterocycles. The second-order valence-corrected chi connectivity index (χ2v) is 9.36. The van der Waals surface area contributed by atoms with Crippen LogP contribution in [-0.2, 0) is 26.2 Å². The van der Waals surface area contributed by atoms with Crippen LogP contribution in [0.1, 0.15) is 25.3 Å². The molecule has 0 radical (unpaired) electrons. The quantitative estimate of drug-likeness (QED) is 0.243. The molecule has 0 unspecified atom stereocenters. The number of nitrogens with one attached hydrogen (secondary N) is 2. The Balaban J connectivity index is 1.49. The minimum Gasteiger partial charge on any atom is -0.383 e. The van der Waals surface area contributed by atoms with Crippen molar-refractivity contribution in [1.82, 2.24) is 25.1 Å². The lowest BCUT2D eigenvalue weighted by Crippen LogP contribution is -2.48. The van der Waals surface area contributed by atoms with E-state index in [1.165, 1.54) is 0 Å². The normalized spacial score (nSPS) is 15.4. The van der Waals surface area contributed by atoms with Gasteiger partial charge in [-0.05, 0) is 24.2 Å². The van der Waals surface area contributed by atoms with Crippen LogP contribution in [0, 0.1) is 0 Å². The van der Waals surface area contributed by atoms with Gasteiger partial charge >= 0.3 is 0 Å². The molecule has 0 bridgehead atoms. The van der Waals surface area contributed by atoms with E-state index < -0.39 is 5.41 Å². The van der Waals surface area contributed by atoms with E-state index in [9.17, 15) is 4.79 Å². The van der Waals surface area contributed by atoms with Gasteiger partial charge in [-0.3, -0.25) is 4.79 Å². The second kappa shape index (κ2) is 11.6. The van der Waals surface area contributed by atoms with Crippen molar-refractivity contribution in [3.8, 4) is 0 Å². The number of methoxy groups -OCH3 is 1. The summed E-state index contributed by atoms with van der Waals surface area (Å²) < 4.78 is 12.5. The summed E-state index contributed by atoms with van der Waals surface area (Å²) in [4.78, 5) is 22.8. The zero-order valence-electron chi connectivity index (χ0n) is 19.7. The highest BCUT2D eigenvalue weighted by Crippen LogP contribution is 2.35. The Bertz CT molecular complexity index is 1090. The van der Waals surface area contributed by atoms with E-state index in [1.807, 2.05) is 35.0 Å². The van der Waals surface area contributed by atoms with E-state index >= 15 is 0 Å². The molecule has 2 N–H and O–H groups in total. The van der Waals surface area contributed by atoms with Gasteiger partial charge in [0.2, 0.25) is 5.91 Å². The summed E-state index contributed by atoms with van der Waals surface area (Å²) in [5.41, 5.74) is 1.24. The Morgan fingerprint density at radius 2 is 2.00 bits per heavy atom. The maximum absolute atomic E-state index is 13.4. The maximum Gasteiger partial charge on any atom is 0.230 e. The number of nitrogens with zero attached hydrogens (tertiary/aromatic N) is 4. The first kappa shape index (κ1) is 24.4. The number of ether oxygens (including phenoxy) is 2. The van der Waals surface area contributed by atoms with Crippen LogP contribution in [-0.4, -0.2) is 71.4 Å². The summed E-state index contributed by atoms with van der Waals surface area (Å²) in [6.07, 6.45) is 3.13. The minimum absolute atomic E-state index is 0.0391. The number of rotatable bonds is 11. The van der Waals surface area contributed by atoms with Crippen molar-refractivity contribution in [3.05, 3.63) is 42.1 Å². The van der Waals surface area contributed by atoms with E-state index in [-0.39, 0.29) is 5.91 Å². The van der Waals surface area contributed by atoms with E-state index in [1.54, 1.807) is 25.1 Å². The van der Waals surface area contributed by atoms with Gasteiger partial charge in [0, 0.05) is 33.4 Å². The third kappa shape index (κ3) is 5.34. The Morgan fingerprint density at radius 3 is 2.74 bits per heavy atom. The second-order valence-electron chi connectivity index (χ2n) is 8.13. The Kier molecular flexibility index (Phi) is 8.36. The Morgan fingerprint density at radius 1 is 1.21 bits per heavy atom. The number of aromatic nitrogens is 4. The Labute approximate surface area is 204 Å². The number of anilines is 1. The van der Waals surface area contributed by atoms with Crippen LogP contribution in [0.2, 0.25) is 0 Å². The largest absolute Gasteiger partial charge is 0.383 e. The van der Waals surface area contributed by atoms with Crippen molar-refractivity contribution in [1.29, 1.82) is 0 Å². The lowest BCUT2D eigenvalue weighted by atomic mass is 9.73. The predicted octanol–water partition coefficient (Wildman–Crippen LogP) is 2.86. The molecular formula is C24H32N6O3S. The first-order valence-corrected chi connectivity index (χ1v) is 12.7. The Hall–Kier alpha value is -2.69. The fourth-order valence-electron chi connectivity index (χ4n) is 4.27. The van der Waals surface area contributed by atoms with E-state index in [4.69, 9.17) is 14.5 Å². The molecule has 1 aliphatic heterocycles. The summed E-state index contributed by atoms with van der Waals surface area (Å²) in [6.45, 7) is 5.43. The molecule has 182 valence electrons. The summed E-state index contributed by atoms with van der Waals surface area (Å²) in [5.74, 6) is 1.66. The van der Waals surface area contributed by atoms with Crippen LogP contribution in [0.5, 0.6) is 0 Å². The van der Waals surface area contributed by atoms with Gasteiger partial charge < -0.3 is 20.1 Å². The van der Waals surface area contributed by atoms with Gasteiger partial charge in [-0.15, -0.1) is 0 Å². The van der Waals surface area contributed by atoms with Gasteiger partial charge in [0.15, 0.2) is 10.8 Å². The predicted molar refractivity (Wildman–Crippen MR) is 133 cm³/mol. The molecule has 2 aromatic heterocycles. The molecule has 1 amide bonds. The molecule has 0 atom stereocenters. The zero-order chi connectivity index (χ0) is 23.8. The number of benzene rings is 1. The zero-order valence-corrected chi connectivity index (χ0v) is 20.6. The van der Waals surface area contributed by atoms with Crippen molar-refractivity contribution < 1.29 is 14.3 Å². The fraction of sp³-hybridized carbons (Fsp3) is 0.500. The summed E-state index contributed by atoms with van der Waals surface area (Å²) in [7, 11) is 1.67. The first-order chi connectivity index (χ1) is 16.7. The van der Waals surface area contributed by atoms with Gasteiger partial charge in [-0.2, -0.15) is 5.10 Å². The summed E-state index contributed by atoms with van der Waals surface area (Å²) >= 11 is 1.58. The number of carbonyl (C=O) groups is 1. The lowest BCUT2D eigenvalue weighted by Gasteiger charge is -2.36. The molecule has 0 spiro atoms. The van der Waals surface area contributed by atoms with Crippen LogP contribution >= 0.6 is 11.8 Å². The lowest BCUT2D eigenvalue weighted by molar-refractivity contribution is -0.130. The topological polar surface area (TPSA) is 103 Å². The van der Waals surface area contributed by atoms with Gasteiger partial charge in [-0.1, -0.05) is 49.0 Å². The summed E-state index contributed by atoms with van der Waals surface area (Å²) in [6, 6.07) is 10.0. The number of amides is 1. The minimum atomic E-state index is -0.558. The molecule has 0 aliphatic carbocycles.